The van der Waals surface area contributed by atoms with E-state index in [1.54, 1.807) is 0 Å². The van der Waals surface area contributed by atoms with Crippen LogP contribution in [0.25, 0.3) is 0 Å². The third kappa shape index (κ3) is 2.70. The van der Waals surface area contributed by atoms with Crippen molar-refractivity contribution >= 4 is 15.9 Å². The molecule has 0 aliphatic heterocycles. The van der Waals surface area contributed by atoms with Gasteiger partial charge < -0.3 is 4.90 Å². The van der Waals surface area contributed by atoms with Gasteiger partial charge in [-0.15, -0.1) is 0 Å². The van der Waals surface area contributed by atoms with E-state index in [2.05, 4.69) is 22.5 Å². The smallest absolute Gasteiger partial charge is 0.0772 e. The van der Waals surface area contributed by atoms with Crippen LogP contribution < -0.4 is 0 Å². The summed E-state index contributed by atoms with van der Waals surface area (Å²) in [5, 5.41) is 0. The van der Waals surface area contributed by atoms with Crippen molar-refractivity contribution in [1.29, 1.82) is 0 Å². The van der Waals surface area contributed by atoms with Crippen LogP contribution in [0.4, 0.5) is 0 Å². The predicted molar refractivity (Wildman–Crippen MR) is 45.3 cm³/mol. The summed E-state index contributed by atoms with van der Waals surface area (Å²) in [7, 11) is 1.96. The quantitative estimate of drug-likeness (QED) is 0.605. The molecule has 0 unspecified atom stereocenters. The highest BCUT2D eigenvalue weighted by molar-refractivity contribution is 9.11. The normalized spacial score (nSPS) is 11.3. The minimum atomic E-state index is 0.887. The number of nitrogens with zero attached hydrogens (tertiary/aromatic N) is 1. The zero-order valence-electron chi connectivity index (χ0n) is 6.11. The molecule has 0 radical (unpaired) electrons. The molecular formula is C7H12BrN. The van der Waals surface area contributed by atoms with Crippen molar-refractivity contribution in [2.24, 2.45) is 0 Å². The third-order valence-electron chi connectivity index (χ3n) is 1.31. The van der Waals surface area contributed by atoms with Gasteiger partial charge in [-0.05, 0) is 29.8 Å². The van der Waals surface area contributed by atoms with E-state index in [9.17, 15) is 0 Å². The number of hydrogen-bond acceptors (Lipinski definition) is 1. The highest BCUT2D eigenvalue weighted by atomic mass is 79.9. The number of allylic oxidation sites excluding steroid dienone is 2. The number of rotatable bonds is 2. The van der Waals surface area contributed by atoms with E-state index in [1.165, 1.54) is 5.70 Å². The van der Waals surface area contributed by atoms with Crippen LogP contribution in [0.15, 0.2) is 23.0 Å². The molecule has 2 heteroatoms. The van der Waals surface area contributed by atoms with Gasteiger partial charge in [0.1, 0.15) is 0 Å². The molecule has 0 heterocycles. The molecule has 0 atom stereocenters. The zero-order chi connectivity index (χ0) is 7.44. The van der Waals surface area contributed by atoms with E-state index in [0.29, 0.717) is 0 Å². The Kier molecular flexibility index (Phi) is 3.62. The molecule has 0 aliphatic rings. The van der Waals surface area contributed by atoms with Crippen LogP contribution in [0.3, 0.4) is 0 Å². The monoisotopic (exact) mass is 189 g/mol. The minimum Gasteiger partial charge on any atom is -0.344 e. The number of hydrogen-bond donors (Lipinski definition) is 0. The van der Waals surface area contributed by atoms with Crippen LogP contribution in [0.2, 0.25) is 0 Å². The largest absolute Gasteiger partial charge is 0.344 e. The maximum Gasteiger partial charge on any atom is 0.0772 e. The van der Waals surface area contributed by atoms with Crippen LogP contribution in [-0.2, 0) is 0 Å². The van der Waals surface area contributed by atoms with Crippen molar-refractivity contribution in [3.8, 4) is 0 Å². The lowest BCUT2D eigenvalue weighted by atomic mass is 10.4. The maximum absolute atomic E-state index is 3.73. The first kappa shape index (κ1) is 8.76. The summed E-state index contributed by atoms with van der Waals surface area (Å²) in [5.41, 5.74) is 1.19. The first-order chi connectivity index (χ1) is 4.09. The second-order valence-corrected chi connectivity index (χ2v) is 2.78. The van der Waals surface area contributed by atoms with Crippen LogP contribution in [-0.4, -0.2) is 11.9 Å². The summed E-state index contributed by atoms with van der Waals surface area (Å²) in [4.78, 5) is 1.97. The lowest BCUT2D eigenvalue weighted by molar-refractivity contribution is 0.561. The molecule has 1 nitrogen and oxygen atoms in total. The second-order valence-electron chi connectivity index (χ2n) is 1.87. The van der Waals surface area contributed by atoms with Gasteiger partial charge in [0.2, 0.25) is 0 Å². The van der Waals surface area contributed by atoms with Gasteiger partial charge >= 0.3 is 0 Å². The van der Waals surface area contributed by atoms with E-state index in [1.807, 2.05) is 31.9 Å². The van der Waals surface area contributed by atoms with Crippen molar-refractivity contribution in [2.75, 3.05) is 7.05 Å². The Morgan fingerprint density at radius 2 is 2.11 bits per heavy atom. The molecule has 0 rings (SSSR count). The molecule has 0 aliphatic carbocycles. The highest BCUT2D eigenvalue weighted by Gasteiger charge is 1.96. The molecule has 9 heavy (non-hydrogen) atoms. The summed E-state index contributed by atoms with van der Waals surface area (Å²) in [5.74, 6) is 0. The van der Waals surface area contributed by atoms with Crippen LogP contribution in [0.1, 0.15) is 13.8 Å². The van der Waals surface area contributed by atoms with Gasteiger partial charge in [-0.1, -0.05) is 12.7 Å². The maximum atomic E-state index is 3.73. The first-order valence-electron chi connectivity index (χ1n) is 2.80. The van der Waals surface area contributed by atoms with E-state index in [4.69, 9.17) is 0 Å². The summed E-state index contributed by atoms with van der Waals surface area (Å²) >= 11 is 3.27. The van der Waals surface area contributed by atoms with E-state index in [-0.39, 0.29) is 0 Å². The van der Waals surface area contributed by atoms with Gasteiger partial charge in [-0.2, -0.15) is 0 Å². The van der Waals surface area contributed by atoms with Crippen molar-refractivity contribution in [2.45, 2.75) is 13.8 Å². The SMILES string of the molecule is C=C(Br)N(C)/C(C)=C\C. The summed E-state index contributed by atoms with van der Waals surface area (Å²) in [6, 6.07) is 0. The van der Waals surface area contributed by atoms with Crippen molar-refractivity contribution in [1.82, 2.24) is 4.90 Å². The van der Waals surface area contributed by atoms with Crippen LogP contribution in [0.5, 0.6) is 0 Å². The van der Waals surface area contributed by atoms with Crippen molar-refractivity contribution in [3.63, 3.8) is 0 Å². The lowest BCUT2D eigenvalue weighted by Crippen LogP contribution is -2.09. The molecule has 0 N–H and O–H groups in total. The molecule has 0 aromatic carbocycles. The van der Waals surface area contributed by atoms with Gasteiger partial charge in [-0.3, -0.25) is 0 Å². The van der Waals surface area contributed by atoms with Gasteiger partial charge in [0.05, 0.1) is 4.61 Å². The molecular weight excluding hydrogens is 178 g/mol. The fourth-order valence-electron chi connectivity index (χ4n) is 0.385. The third-order valence-corrected chi connectivity index (χ3v) is 1.84. The van der Waals surface area contributed by atoms with Crippen molar-refractivity contribution in [3.05, 3.63) is 23.0 Å². The Hall–Kier alpha value is -0.240. The van der Waals surface area contributed by atoms with Gasteiger partial charge in [-0.25, -0.2) is 0 Å². The van der Waals surface area contributed by atoms with E-state index < -0.39 is 0 Å². The molecule has 0 saturated carbocycles. The first-order valence-corrected chi connectivity index (χ1v) is 3.60. The molecule has 52 valence electrons. The van der Waals surface area contributed by atoms with E-state index >= 15 is 0 Å². The molecule has 0 aromatic heterocycles. The average Bonchev–Trinajstić information content (AvgIpc) is 1.84. The van der Waals surface area contributed by atoms with Crippen molar-refractivity contribution < 1.29 is 0 Å². The Balaban J connectivity index is 4.04. The van der Waals surface area contributed by atoms with E-state index in [0.717, 1.165) is 4.61 Å². The van der Waals surface area contributed by atoms with Gasteiger partial charge in [0.25, 0.3) is 0 Å². The standard InChI is InChI=1S/C7H12BrN/c1-5-6(2)9(4)7(3)8/h5H,3H2,1-2,4H3/b6-5-. The summed E-state index contributed by atoms with van der Waals surface area (Å²) in [6.07, 6.45) is 2.03. The zero-order valence-corrected chi connectivity index (χ0v) is 7.70. The molecule has 0 bridgehead atoms. The minimum absolute atomic E-state index is 0.887. The summed E-state index contributed by atoms with van der Waals surface area (Å²) in [6.45, 7) is 7.76. The fourth-order valence-corrected chi connectivity index (χ4v) is 0.665. The molecule has 0 aromatic rings. The highest BCUT2D eigenvalue weighted by Crippen LogP contribution is 2.12. The van der Waals surface area contributed by atoms with Gasteiger partial charge in [0, 0.05) is 12.7 Å². The molecule has 0 spiro atoms. The average molecular weight is 190 g/mol. The lowest BCUT2D eigenvalue weighted by Gasteiger charge is -2.17. The summed E-state index contributed by atoms with van der Waals surface area (Å²) < 4.78 is 0.887. The Morgan fingerprint density at radius 1 is 1.67 bits per heavy atom. The second kappa shape index (κ2) is 3.72. The Bertz CT molecular complexity index is 138. The molecule has 0 fully saturated rings. The topological polar surface area (TPSA) is 3.24 Å². The molecule has 0 saturated heterocycles. The van der Waals surface area contributed by atoms with Crippen LogP contribution in [0, 0.1) is 0 Å². The molecule has 0 amide bonds. The number of halogens is 1. The Morgan fingerprint density at radius 3 is 2.22 bits per heavy atom. The van der Waals surface area contributed by atoms with Gasteiger partial charge in [0.15, 0.2) is 0 Å². The fraction of sp³-hybridized carbons (Fsp3) is 0.429. The van der Waals surface area contributed by atoms with Crippen LogP contribution >= 0.6 is 15.9 Å². The Labute approximate surface area is 65.2 Å². The predicted octanol–water partition coefficient (Wildman–Crippen LogP) is 2.71.